The molecule has 1 aliphatic heterocycles. The largest absolute Gasteiger partial charge is 0.354 e. The third-order valence-electron chi connectivity index (χ3n) is 2.74. The van der Waals surface area contributed by atoms with Gasteiger partial charge in [0.05, 0.1) is 5.69 Å². The maximum Gasteiger partial charge on any atom is 0.156 e. The first-order valence-corrected chi connectivity index (χ1v) is 6.13. The maximum atomic E-state index is 5.79. The molecule has 1 aromatic heterocycles. The van der Waals surface area contributed by atoms with E-state index in [1.807, 2.05) is 6.92 Å². The normalized spacial score (nSPS) is 19.5. The van der Waals surface area contributed by atoms with Gasteiger partial charge in [-0.1, -0.05) is 13.8 Å². The first-order valence-electron chi connectivity index (χ1n) is 5.34. The van der Waals surface area contributed by atoms with Crippen molar-refractivity contribution in [3.63, 3.8) is 0 Å². The predicted octanol–water partition coefficient (Wildman–Crippen LogP) is 3.84. The van der Waals surface area contributed by atoms with Crippen LogP contribution in [0.1, 0.15) is 32.7 Å². The average Bonchev–Trinajstić information content (AvgIpc) is 2.69. The van der Waals surface area contributed by atoms with Gasteiger partial charge in [0, 0.05) is 17.3 Å². The lowest BCUT2D eigenvalue weighted by molar-refractivity contribution is 0.0366. The lowest BCUT2D eigenvalue weighted by Gasteiger charge is -2.20. The molecule has 0 bridgehead atoms. The van der Waals surface area contributed by atoms with Crippen LogP contribution in [-0.4, -0.2) is 11.2 Å². The van der Waals surface area contributed by atoms with Crippen molar-refractivity contribution in [1.82, 2.24) is 4.57 Å². The van der Waals surface area contributed by atoms with Crippen molar-refractivity contribution in [1.29, 1.82) is 0 Å². The molecule has 0 N–H and O–H groups in total. The first kappa shape index (κ1) is 11.0. The molecule has 0 amide bonds. The summed E-state index contributed by atoms with van der Waals surface area (Å²) in [5.74, 6) is 0.522. The average molecular weight is 270 g/mol. The molecule has 0 radical (unpaired) electrons. The lowest BCUT2D eigenvalue weighted by Crippen LogP contribution is -2.13. The SMILES string of the molecule is CCOC1C(C(C)C)=Cc2c(Br)ccn21. The molecule has 3 heteroatoms. The van der Waals surface area contributed by atoms with E-state index in [1.165, 1.54) is 11.3 Å². The van der Waals surface area contributed by atoms with Crippen LogP contribution in [0.25, 0.3) is 6.08 Å². The highest BCUT2D eigenvalue weighted by Gasteiger charge is 2.27. The van der Waals surface area contributed by atoms with Gasteiger partial charge in [0.1, 0.15) is 0 Å². The second-order valence-electron chi connectivity index (χ2n) is 4.06. The molecule has 2 rings (SSSR count). The van der Waals surface area contributed by atoms with E-state index in [0.29, 0.717) is 5.92 Å². The molecular weight excluding hydrogens is 254 g/mol. The van der Waals surface area contributed by atoms with Gasteiger partial charge in [0.25, 0.3) is 0 Å². The molecule has 0 saturated carbocycles. The molecule has 0 fully saturated rings. The quantitative estimate of drug-likeness (QED) is 0.814. The van der Waals surface area contributed by atoms with Crippen LogP contribution in [0.15, 0.2) is 22.3 Å². The Balaban J connectivity index is 2.39. The number of hydrogen-bond donors (Lipinski definition) is 0. The van der Waals surface area contributed by atoms with E-state index in [0.717, 1.165) is 11.1 Å². The van der Waals surface area contributed by atoms with Crippen molar-refractivity contribution in [2.75, 3.05) is 6.61 Å². The Morgan fingerprint density at radius 2 is 2.27 bits per heavy atom. The van der Waals surface area contributed by atoms with Crippen molar-refractivity contribution in [3.8, 4) is 0 Å². The number of fused-ring (bicyclic) bond motifs is 1. The molecule has 0 aromatic carbocycles. The summed E-state index contributed by atoms with van der Waals surface area (Å²) in [4.78, 5) is 0. The van der Waals surface area contributed by atoms with E-state index in [9.17, 15) is 0 Å². The summed E-state index contributed by atoms with van der Waals surface area (Å²) in [5, 5.41) is 0. The van der Waals surface area contributed by atoms with Crippen molar-refractivity contribution in [3.05, 3.63) is 28.0 Å². The molecule has 0 saturated heterocycles. The second-order valence-corrected chi connectivity index (χ2v) is 4.92. The van der Waals surface area contributed by atoms with Crippen molar-refractivity contribution < 1.29 is 4.74 Å². The van der Waals surface area contributed by atoms with Crippen LogP contribution in [0.4, 0.5) is 0 Å². The molecule has 1 aliphatic rings. The van der Waals surface area contributed by atoms with E-state index in [1.54, 1.807) is 0 Å². The third-order valence-corrected chi connectivity index (χ3v) is 3.41. The van der Waals surface area contributed by atoms with Gasteiger partial charge < -0.3 is 9.30 Å². The minimum atomic E-state index is 0.0938. The summed E-state index contributed by atoms with van der Waals surface area (Å²) in [7, 11) is 0. The molecule has 2 heterocycles. The lowest BCUT2D eigenvalue weighted by atomic mass is 10.0. The monoisotopic (exact) mass is 269 g/mol. The summed E-state index contributed by atoms with van der Waals surface area (Å²) < 4.78 is 9.12. The van der Waals surface area contributed by atoms with Crippen LogP contribution in [0.5, 0.6) is 0 Å². The third kappa shape index (κ3) is 1.79. The van der Waals surface area contributed by atoms with Gasteiger partial charge in [-0.15, -0.1) is 0 Å². The van der Waals surface area contributed by atoms with Gasteiger partial charge >= 0.3 is 0 Å². The number of ether oxygens (including phenoxy) is 1. The van der Waals surface area contributed by atoms with E-state index >= 15 is 0 Å². The topological polar surface area (TPSA) is 14.2 Å². The zero-order valence-electron chi connectivity index (χ0n) is 9.33. The summed E-state index contributed by atoms with van der Waals surface area (Å²) in [6.45, 7) is 7.19. The first-order chi connectivity index (χ1) is 7.15. The van der Waals surface area contributed by atoms with Gasteiger partial charge in [-0.25, -0.2) is 0 Å². The van der Waals surface area contributed by atoms with Crippen LogP contribution < -0.4 is 0 Å². The summed E-state index contributed by atoms with van der Waals surface area (Å²) in [5.41, 5.74) is 2.57. The van der Waals surface area contributed by atoms with E-state index < -0.39 is 0 Å². The Bertz CT molecular complexity index is 392. The maximum absolute atomic E-state index is 5.79. The highest BCUT2D eigenvalue weighted by atomic mass is 79.9. The Morgan fingerprint density at radius 3 is 2.87 bits per heavy atom. The van der Waals surface area contributed by atoms with Gasteiger partial charge in [-0.3, -0.25) is 0 Å². The number of aromatic nitrogens is 1. The Kier molecular flexibility index (Phi) is 3.03. The van der Waals surface area contributed by atoms with Crippen LogP contribution in [0.2, 0.25) is 0 Å². The van der Waals surface area contributed by atoms with Crippen LogP contribution in [-0.2, 0) is 4.74 Å². The number of hydrogen-bond acceptors (Lipinski definition) is 1. The number of nitrogens with zero attached hydrogens (tertiary/aromatic N) is 1. The van der Waals surface area contributed by atoms with Gasteiger partial charge in [-0.2, -0.15) is 0 Å². The van der Waals surface area contributed by atoms with Gasteiger partial charge in [0.2, 0.25) is 0 Å². The molecule has 1 atom stereocenters. The number of halogens is 1. The van der Waals surface area contributed by atoms with Crippen LogP contribution in [0.3, 0.4) is 0 Å². The molecule has 82 valence electrons. The predicted molar refractivity (Wildman–Crippen MR) is 65.6 cm³/mol. The molecule has 2 nitrogen and oxygen atoms in total. The molecule has 0 spiro atoms. The molecular formula is C12H16BrNO. The minimum absolute atomic E-state index is 0.0938. The molecule has 1 unspecified atom stereocenters. The van der Waals surface area contributed by atoms with Crippen molar-refractivity contribution in [2.24, 2.45) is 5.92 Å². The molecule has 0 aliphatic carbocycles. The highest BCUT2D eigenvalue weighted by molar-refractivity contribution is 9.10. The fraction of sp³-hybridized carbons (Fsp3) is 0.500. The summed E-state index contributed by atoms with van der Waals surface area (Å²) in [6.07, 6.45) is 4.40. The van der Waals surface area contributed by atoms with E-state index in [4.69, 9.17) is 4.74 Å². The summed E-state index contributed by atoms with van der Waals surface area (Å²) in [6, 6.07) is 2.06. The zero-order chi connectivity index (χ0) is 11.0. The van der Waals surface area contributed by atoms with Gasteiger partial charge in [-0.05, 0) is 46.5 Å². The standard InChI is InChI=1S/C12H16BrNO/c1-4-15-12-9(8(2)3)7-11-10(13)5-6-14(11)12/h5-8,12H,4H2,1-3H3. The highest BCUT2D eigenvalue weighted by Crippen LogP contribution is 2.38. The zero-order valence-corrected chi connectivity index (χ0v) is 10.9. The second kappa shape index (κ2) is 4.14. The minimum Gasteiger partial charge on any atom is -0.354 e. The Morgan fingerprint density at radius 1 is 1.53 bits per heavy atom. The van der Waals surface area contributed by atoms with Crippen molar-refractivity contribution >= 4 is 22.0 Å². The van der Waals surface area contributed by atoms with Crippen LogP contribution in [0, 0.1) is 5.92 Å². The van der Waals surface area contributed by atoms with Crippen LogP contribution >= 0.6 is 15.9 Å². The molecule has 1 aromatic rings. The van der Waals surface area contributed by atoms with Gasteiger partial charge in [0.15, 0.2) is 6.23 Å². The Hall–Kier alpha value is -0.540. The smallest absolute Gasteiger partial charge is 0.156 e. The van der Waals surface area contributed by atoms with Crippen molar-refractivity contribution in [2.45, 2.75) is 27.0 Å². The molecule has 15 heavy (non-hydrogen) atoms. The Labute approximate surface area is 99.1 Å². The van der Waals surface area contributed by atoms with E-state index in [-0.39, 0.29) is 6.23 Å². The fourth-order valence-electron chi connectivity index (χ4n) is 1.96. The summed E-state index contributed by atoms with van der Waals surface area (Å²) >= 11 is 3.55. The number of rotatable bonds is 3. The van der Waals surface area contributed by atoms with E-state index in [2.05, 4.69) is 52.7 Å². The fourth-order valence-corrected chi connectivity index (χ4v) is 2.40.